The molecule has 2 amide bonds. The molecular weight excluding hydrogens is 542 g/mol. The van der Waals surface area contributed by atoms with Crippen LogP contribution in [0.1, 0.15) is 37.9 Å². The molecule has 1 aliphatic heterocycles. The second-order valence-electron chi connectivity index (χ2n) is 9.09. The van der Waals surface area contributed by atoms with E-state index in [0.717, 1.165) is 17.6 Å². The first-order chi connectivity index (χ1) is 19.0. The molecule has 6 N–H and O–H groups in total. The summed E-state index contributed by atoms with van der Waals surface area (Å²) in [6.45, 7) is 0. The zero-order chi connectivity index (χ0) is 28.6. The Bertz CT molecular complexity index is 1670. The molecule has 0 saturated heterocycles. The van der Waals surface area contributed by atoms with Gasteiger partial charge in [-0.1, -0.05) is 24.3 Å². The van der Waals surface area contributed by atoms with Crippen molar-refractivity contribution in [2.45, 2.75) is 18.4 Å². The fourth-order valence-corrected chi connectivity index (χ4v) is 4.94. The maximum absolute atomic E-state index is 13.5. The van der Waals surface area contributed by atoms with Crippen LogP contribution in [0.4, 0.5) is 0 Å². The molecule has 2 aromatic carbocycles. The summed E-state index contributed by atoms with van der Waals surface area (Å²) in [6.07, 6.45) is 3.08. The predicted molar refractivity (Wildman–Crippen MR) is 141 cm³/mol. The Morgan fingerprint density at radius 1 is 1.07 bits per heavy atom. The molecule has 204 valence electrons. The minimum atomic E-state index is -4.55. The van der Waals surface area contributed by atoms with Gasteiger partial charge in [0.1, 0.15) is 11.8 Å². The van der Waals surface area contributed by atoms with Gasteiger partial charge in [0.2, 0.25) is 5.91 Å². The monoisotopic (exact) mass is 564 g/mol. The van der Waals surface area contributed by atoms with Crippen LogP contribution in [0.5, 0.6) is 5.75 Å². The highest BCUT2D eigenvalue weighted by Crippen LogP contribution is 2.33. The van der Waals surface area contributed by atoms with Gasteiger partial charge in [0, 0.05) is 12.4 Å². The summed E-state index contributed by atoms with van der Waals surface area (Å²) >= 11 is 0. The smallest absolute Gasteiger partial charge is 0.534 e. The number of nitrogens with one attached hydrogen (secondary N) is 2. The molecule has 0 bridgehead atoms. The van der Waals surface area contributed by atoms with Crippen molar-refractivity contribution in [3.8, 4) is 5.75 Å². The summed E-state index contributed by atoms with van der Waals surface area (Å²) in [6, 6.07) is 13.0. The number of carbonyl (C=O) groups excluding carboxylic acids is 2. The van der Waals surface area contributed by atoms with E-state index in [2.05, 4.69) is 15.7 Å². The molecule has 2 aromatic heterocycles. The van der Waals surface area contributed by atoms with E-state index in [1.807, 2.05) is 0 Å². The van der Waals surface area contributed by atoms with Crippen molar-refractivity contribution in [3.63, 3.8) is 0 Å². The number of hydrogen-bond donors (Lipinski definition) is 6. The number of pyridine rings is 1. The van der Waals surface area contributed by atoms with Crippen molar-refractivity contribution >= 4 is 43.3 Å². The lowest BCUT2D eigenvalue weighted by atomic mass is 9.72. The van der Waals surface area contributed by atoms with Gasteiger partial charge in [-0.2, -0.15) is 5.10 Å². The second kappa shape index (κ2) is 10.6. The van der Waals surface area contributed by atoms with Crippen LogP contribution in [0, 0.1) is 0 Å². The molecule has 2 atom stereocenters. The fourth-order valence-electron chi connectivity index (χ4n) is 4.41. The van der Waals surface area contributed by atoms with E-state index in [9.17, 15) is 38.9 Å². The van der Waals surface area contributed by atoms with Crippen molar-refractivity contribution in [1.82, 2.24) is 20.2 Å². The first kappa shape index (κ1) is 27.1. The van der Waals surface area contributed by atoms with Gasteiger partial charge in [-0.3, -0.25) is 14.2 Å². The number of para-hydroxylation sites is 1. The van der Waals surface area contributed by atoms with Gasteiger partial charge in [-0.05, 0) is 53.9 Å². The average molecular weight is 564 g/mol. The number of nitrogens with zero attached hydrogens (tertiary/aromatic N) is 2. The summed E-state index contributed by atoms with van der Waals surface area (Å²) in [5.74, 6) is -3.61. The number of aromatic carboxylic acids is 1. The van der Waals surface area contributed by atoms with Crippen LogP contribution in [0.15, 0.2) is 73.1 Å². The van der Waals surface area contributed by atoms with Crippen molar-refractivity contribution < 1.29 is 43.5 Å². The molecule has 40 heavy (non-hydrogen) atoms. The molecule has 5 rings (SSSR count). The first-order valence-corrected chi connectivity index (χ1v) is 13.5. The van der Waals surface area contributed by atoms with Gasteiger partial charge >= 0.3 is 20.7 Å². The lowest BCUT2D eigenvalue weighted by Gasteiger charge is -2.30. The Kier molecular flexibility index (Phi) is 7.17. The Morgan fingerprint density at radius 2 is 1.82 bits per heavy atom. The van der Waals surface area contributed by atoms with E-state index in [0.29, 0.717) is 5.56 Å². The zero-order valence-corrected chi connectivity index (χ0v) is 21.4. The third kappa shape index (κ3) is 5.47. The summed E-state index contributed by atoms with van der Waals surface area (Å²) in [7, 11) is -6.14. The predicted octanol–water partition coefficient (Wildman–Crippen LogP) is 0.446. The lowest BCUT2D eigenvalue weighted by Crippen LogP contribution is -2.55. The number of fused-ring (bicyclic) bond motifs is 2. The number of benzene rings is 2. The second-order valence-corrected chi connectivity index (χ2v) is 10.7. The summed E-state index contributed by atoms with van der Waals surface area (Å²) in [5, 5.41) is 29.1. The quantitative estimate of drug-likeness (QED) is 0.135. The highest BCUT2D eigenvalue weighted by atomic mass is 31.2. The van der Waals surface area contributed by atoms with Gasteiger partial charge in [-0.25, -0.2) is 9.31 Å². The highest BCUT2D eigenvalue weighted by molar-refractivity contribution is 7.60. The molecule has 15 heteroatoms. The van der Waals surface area contributed by atoms with E-state index in [-0.39, 0.29) is 34.2 Å². The Hall–Kier alpha value is -4.49. The van der Waals surface area contributed by atoms with Crippen molar-refractivity contribution in [3.05, 3.63) is 95.3 Å². The summed E-state index contributed by atoms with van der Waals surface area (Å²) in [4.78, 5) is 57.1. The van der Waals surface area contributed by atoms with Crippen LogP contribution < -0.4 is 20.6 Å². The summed E-state index contributed by atoms with van der Waals surface area (Å²) < 4.78 is 18.5. The normalized spacial score (nSPS) is 15.6. The van der Waals surface area contributed by atoms with Crippen LogP contribution in [-0.4, -0.2) is 60.4 Å². The number of carboxylic acids is 1. The maximum atomic E-state index is 13.5. The average Bonchev–Trinajstić information content (AvgIpc) is 3.39. The van der Waals surface area contributed by atoms with E-state index in [4.69, 9.17) is 4.65 Å². The molecule has 1 unspecified atom stereocenters. The molecule has 1 aliphatic rings. The van der Waals surface area contributed by atoms with Crippen molar-refractivity contribution in [1.29, 1.82) is 0 Å². The molecule has 0 spiro atoms. The van der Waals surface area contributed by atoms with Crippen LogP contribution in [0.25, 0.3) is 5.52 Å². The van der Waals surface area contributed by atoms with Gasteiger partial charge < -0.3 is 35.2 Å². The first-order valence-electron chi connectivity index (χ1n) is 11.9. The Labute approximate surface area is 226 Å². The van der Waals surface area contributed by atoms with Crippen molar-refractivity contribution in [2.75, 3.05) is 0 Å². The minimum Gasteiger partial charge on any atom is -0.534 e. The van der Waals surface area contributed by atoms with Gasteiger partial charge in [-0.15, -0.1) is 0 Å². The van der Waals surface area contributed by atoms with Crippen LogP contribution in [-0.2, 0) is 15.8 Å². The molecule has 13 nitrogen and oxygen atoms in total. The topological polar surface area (TPSA) is 200 Å². The third-order valence-corrected chi connectivity index (χ3v) is 7.41. The highest BCUT2D eigenvalue weighted by Gasteiger charge is 2.39. The van der Waals surface area contributed by atoms with Gasteiger partial charge in [0.05, 0.1) is 27.9 Å². The number of amides is 2. The SMILES string of the molecule is O=C(NC(C(=O)N[C@H]1Cc2cccc(C(=O)O)c2OB1O)c1ccc(P(=O)(O)O)cc1)c1ccc2ccnn2c1. The fraction of sp³-hybridized carbons (Fsp3) is 0.120. The van der Waals surface area contributed by atoms with E-state index in [1.54, 1.807) is 30.5 Å². The van der Waals surface area contributed by atoms with E-state index < -0.39 is 44.5 Å². The molecule has 4 aromatic rings. The number of carbonyl (C=O) groups is 3. The Balaban J connectivity index is 1.42. The molecule has 0 aliphatic carbocycles. The van der Waals surface area contributed by atoms with Crippen LogP contribution in [0.3, 0.4) is 0 Å². The molecule has 0 saturated carbocycles. The lowest BCUT2D eigenvalue weighted by molar-refractivity contribution is -0.123. The Morgan fingerprint density at radius 3 is 2.52 bits per heavy atom. The number of aromatic nitrogens is 2. The van der Waals surface area contributed by atoms with Gasteiger partial charge in [0.15, 0.2) is 0 Å². The molecular formula is C25H22BN4O9P. The molecule has 3 heterocycles. The van der Waals surface area contributed by atoms with E-state index >= 15 is 0 Å². The van der Waals surface area contributed by atoms with Crippen LogP contribution in [0.2, 0.25) is 0 Å². The number of hydrogen-bond acceptors (Lipinski definition) is 7. The van der Waals surface area contributed by atoms with Gasteiger partial charge in [0.25, 0.3) is 5.91 Å². The molecule has 0 fully saturated rings. The maximum Gasteiger partial charge on any atom is 0.547 e. The van der Waals surface area contributed by atoms with Crippen molar-refractivity contribution in [2.24, 2.45) is 0 Å². The number of carboxylic acid groups (broad SMARTS) is 1. The number of rotatable bonds is 7. The van der Waals surface area contributed by atoms with E-state index in [1.165, 1.54) is 35.0 Å². The standard InChI is InChI=1S/C25H22BN4O9P/c31-23(16-4-7-17-10-11-27-30(17)13-16)29-21(14-5-8-18(9-6-14)40(36,37)38)24(32)28-20-12-15-2-1-3-19(25(33)34)22(15)39-26(20)35/h1-11,13,20-21,35H,12H2,(H,28,32)(H,29,31)(H,33,34)(H2,36,37,38)/t20-,21?/m0/s1. The minimum absolute atomic E-state index is 0.000101. The summed E-state index contributed by atoms with van der Waals surface area (Å²) in [5.41, 5.74) is 1.47. The largest absolute Gasteiger partial charge is 0.547 e. The molecule has 0 radical (unpaired) electrons. The van der Waals surface area contributed by atoms with Crippen LogP contribution >= 0.6 is 7.60 Å². The zero-order valence-electron chi connectivity index (χ0n) is 20.5. The third-order valence-electron chi connectivity index (χ3n) is 6.44.